The Balaban J connectivity index is 1.97. The summed E-state index contributed by atoms with van der Waals surface area (Å²) in [4.78, 5) is 17.3. The van der Waals surface area contributed by atoms with Gasteiger partial charge >= 0.3 is 0 Å². The maximum absolute atomic E-state index is 12.1. The molecule has 0 aliphatic heterocycles. The molecule has 0 unspecified atom stereocenters. The standard InChI is InChI=1S/C24H29N3O/c1-2-27-16-18(13-14-22(27)28)23-19-11-7-4-8-12-21(19)26-24(20(23)15-25)17-9-5-3-6-10-17/h13-14,16-17H,2-12H2,1H3. The van der Waals surface area contributed by atoms with Crippen LogP contribution in [0.2, 0.25) is 0 Å². The first kappa shape index (κ1) is 18.9. The fourth-order valence-corrected chi connectivity index (χ4v) is 4.97. The van der Waals surface area contributed by atoms with E-state index >= 15 is 0 Å². The van der Waals surface area contributed by atoms with Gasteiger partial charge in [0.1, 0.15) is 6.07 Å². The first-order chi connectivity index (χ1) is 13.7. The highest BCUT2D eigenvalue weighted by Gasteiger charge is 2.27. The first-order valence-corrected chi connectivity index (χ1v) is 10.9. The maximum atomic E-state index is 12.1. The number of pyridine rings is 2. The van der Waals surface area contributed by atoms with Gasteiger partial charge in [-0.05, 0) is 62.6 Å². The van der Waals surface area contributed by atoms with Gasteiger partial charge in [-0.2, -0.15) is 5.26 Å². The van der Waals surface area contributed by atoms with Gasteiger partial charge in [0.2, 0.25) is 0 Å². The normalized spacial score (nSPS) is 17.6. The van der Waals surface area contributed by atoms with Crippen molar-refractivity contribution < 1.29 is 0 Å². The molecule has 0 N–H and O–H groups in total. The lowest BCUT2D eigenvalue weighted by atomic mass is 9.82. The molecule has 4 heteroatoms. The minimum Gasteiger partial charge on any atom is -0.315 e. The van der Waals surface area contributed by atoms with Gasteiger partial charge in [0.05, 0.1) is 11.3 Å². The van der Waals surface area contributed by atoms with Crippen LogP contribution in [0.3, 0.4) is 0 Å². The Morgan fingerprint density at radius 2 is 1.86 bits per heavy atom. The van der Waals surface area contributed by atoms with Crippen molar-refractivity contribution >= 4 is 0 Å². The molecule has 0 radical (unpaired) electrons. The minimum atomic E-state index is 0.0115. The van der Waals surface area contributed by atoms with Crippen LogP contribution in [-0.4, -0.2) is 9.55 Å². The Morgan fingerprint density at radius 3 is 2.61 bits per heavy atom. The Morgan fingerprint density at radius 1 is 1.11 bits per heavy atom. The number of hydrogen-bond donors (Lipinski definition) is 0. The zero-order valence-corrected chi connectivity index (χ0v) is 16.8. The smallest absolute Gasteiger partial charge is 0.250 e. The fraction of sp³-hybridized carbons (Fsp3) is 0.542. The van der Waals surface area contributed by atoms with E-state index in [0.717, 1.165) is 54.5 Å². The molecule has 0 amide bonds. The van der Waals surface area contributed by atoms with Crippen LogP contribution < -0.4 is 5.56 Å². The average molecular weight is 376 g/mol. The fourth-order valence-electron chi connectivity index (χ4n) is 4.97. The number of hydrogen-bond acceptors (Lipinski definition) is 3. The molecule has 1 fully saturated rings. The van der Waals surface area contributed by atoms with Crippen molar-refractivity contribution in [3.63, 3.8) is 0 Å². The number of aryl methyl sites for hydroxylation is 2. The van der Waals surface area contributed by atoms with Crippen LogP contribution in [0.25, 0.3) is 11.1 Å². The van der Waals surface area contributed by atoms with E-state index in [1.54, 1.807) is 10.6 Å². The lowest BCUT2D eigenvalue weighted by Gasteiger charge is -2.25. The molecule has 0 atom stereocenters. The summed E-state index contributed by atoms with van der Waals surface area (Å²) in [5.41, 5.74) is 6.28. The van der Waals surface area contributed by atoms with Gasteiger partial charge in [-0.1, -0.05) is 25.7 Å². The summed E-state index contributed by atoms with van der Waals surface area (Å²) < 4.78 is 1.74. The monoisotopic (exact) mass is 375 g/mol. The van der Waals surface area contributed by atoms with Gasteiger partial charge in [0.25, 0.3) is 5.56 Å². The van der Waals surface area contributed by atoms with Crippen molar-refractivity contribution in [3.8, 4) is 17.2 Å². The zero-order valence-electron chi connectivity index (χ0n) is 16.8. The van der Waals surface area contributed by atoms with Crippen LogP contribution in [0, 0.1) is 11.3 Å². The van der Waals surface area contributed by atoms with Gasteiger partial charge in [-0.3, -0.25) is 9.78 Å². The molecular weight excluding hydrogens is 346 g/mol. The molecule has 2 aromatic rings. The molecule has 2 aromatic heterocycles. The Bertz CT molecular complexity index is 961. The summed E-state index contributed by atoms with van der Waals surface area (Å²) in [6.07, 6.45) is 13.4. The largest absolute Gasteiger partial charge is 0.315 e. The SMILES string of the molecule is CCn1cc(-c2c(C#N)c(C3CCCCC3)nc3c2CCCCC3)ccc1=O. The molecule has 4 nitrogen and oxygen atoms in total. The molecule has 0 bridgehead atoms. The summed E-state index contributed by atoms with van der Waals surface area (Å²) in [6.45, 7) is 2.62. The van der Waals surface area contributed by atoms with Crippen molar-refractivity contribution in [2.24, 2.45) is 0 Å². The first-order valence-electron chi connectivity index (χ1n) is 10.9. The van der Waals surface area contributed by atoms with Gasteiger partial charge < -0.3 is 4.57 Å². The molecule has 2 heterocycles. The second-order valence-corrected chi connectivity index (χ2v) is 8.22. The highest BCUT2D eigenvalue weighted by Crippen LogP contribution is 2.40. The number of rotatable bonds is 3. The summed E-state index contributed by atoms with van der Waals surface area (Å²) in [5, 5.41) is 10.2. The van der Waals surface area contributed by atoms with Crippen LogP contribution in [0.15, 0.2) is 23.1 Å². The molecular formula is C24H29N3O. The van der Waals surface area contributed by atoms with Crippen LogP contribution >= 0.6 is 0 Å². The Kier molecular flexibility index (Phi) is 5.62. The van der Waals surface area contributed by atoms with E-state index in [1.807, 2.05) is 19.2 Å². The van der Waals surface area contributed by atoms with Crippen LogP contribution in [0.4, 0.5) is 0 Å². The molecule has 146 valence electrons. The van der Waals surface area contributed by atoms with E-state index in [2.05, 4.69) is 6.07 Å². The van der Waals surface area contributed by atoms with Crippen LogP contribution in [0.1, 0.15) is 86.7 Å². The van der Waals surface area contributed by atoms with Crippen molar-refractivity contribution in [1.82, 2.24) is 9.55 Å². The highest BCUT2D eigenvalue weighted by atomic mass is 16.1. The predicted octanol–water partition coefficient (Wildman–Crippen LogP) is 5.12. The molecule has 1 saturated carbocycles. The lowest BCUT2D eigenvalue weighted by Crippen LogP contribution is -2.18. The predicted molar refractivity (Wildman–Crippen MR) is 111 cm³/mol. The third-order valence-electron chi connectivity index (χ3n) is 6.47. The Hall–Kier alpha value is -2.41. The number of aromatic nitrogens is 2. The maximum Gasteiger partial charge on any atom is 0.250 e. The number of nitrogens with zero attached hydrogens (tertiary/aromatic N) is 3. The lowest BCUT2D eigenvalue weighted by molar-refractivity contribution is 0.435. The molecule has 4 rings (SSSR count). The summed E-state index contributed by atoms with van der Waals surface area (Å²) >= 11 is 0. The Labute approximate surface area is 167 Å². The second-order valence-electron chi connectivity index (χ2n) is 8.22. The molecule has 0 aromatic carbocycles. The number of nitriles is 1. The quantitative estimate of drug-likeness (QED) is 0.700. The third-order valence-corrected chi connectivity index (χ3v) is 6.47. The third kappa shape index (κ3) is 3.51. The molecule has 0 saturated heterocycles. The minimum absolute atomic E-state index is 0.0115. The van der Waals surface area contributed by atoms with E-state index in [-0.39, 0.29) is 5.56 Å². The van der Waals surface area contributed by atoms with E-state index in [9.17, 15) is 10.1 Å². The van der Waals surface area contributed by atoms with Gasteiger partial charge in [-0.25, -0.2) is 0 Å². The van der Waals surface area contributed by atoms with E-state index in [0.29, 0.717) is 12.5 Å². The van der Waals surface area contributed by atoms with Gasteiger partial charge in [0, 0.05) is 36.0 Å². The second kappa shape index (κ2) is 8.31. The van der Waals surface area contributed by atoms with Crippen molar-refractivity contribution in [1.29, 1.82) is 5.26 Å². The topological polar surface area (TPSA) is 58.7 Å². The van der Waals surface area contributed by atoms with Crippen molar-refractivity contribution in [2.45, 2.75) is 83.6 Å². The summed E-state index contributed by atoms with van der Waals surface area (Å²) in [6, 6.07) is 6.08. The molecule has 2 aliphatic carbocycles. The van der Waals surface area contributed by atoms with Gasteiger partial charge in [-0.15, -0.1) is 0 Å². The zero-order chi connectivity index (χ0) is 19.5. The molecule has 0 spiro atoms. The van der Waals surface area contributed by atoms with E-state index < -0.39 is 0 Å². The summed E-state index contributed by atoms with van der Waals surface area (Å²) in [7, 11) is 0. The van der Waals surface area contributed by atoms with Crippen LogP contribution in [0.5, 0.6) is 0 Å². The van der Waals surface area contributed by atoms with E-state index in [4.69, 9.17) is 4.98 Å². The number of fused-ring (bicyclic) bond motifs is 1. The van der Waals surface area contributed by atoms with Crippen molar-refractivity contribution in [2.75, 3.05) is 0 Å². The van der Waals surface area contributed by atoms with E-state index in [1.165, 1.54) is 43.4 Å². The summed E-state index contributed by atoms with van der Waals surface area (Å²) in [5.74, 6) is 0.396. The van der Waals surface area contributed by atoms with Gasteiger partial charge in [0.15, 0.2) is 0 Å². The molecule has 2 aliphatic rings. The highest BCUT2D eigenvalue weighted by molar-refractivity contribution is 5.75. The molecule has 28 heavy (non-hydrogen) atoms. The average Bonchev–Trinajstić information content (AvgIpc) is 2.98. The van der Waals surface area contributed by atoms with Crippen LogP contribution in [-0.2, 0) is 19.4 Å². The van der Waals surface area contributed by atoms with Crippen molar-refractivity contribution in [3.05, 3.63) is 51.2 Å².